The number of carbonyl (C=O) groups is 1. The van der Waals surface area contributed by atoms with E-state index in [4.69, 9.17) is 0 Å². The molecule has 4 aromatic rings. The van der Waals surface area contributed by atoms with Crippen LogP contribution in [0.2, 0.25) is 0 Å². The molecule has 0 atom stereocenters. The number of aromatic amines is 1. The molecule has 4 heterocycles. The molecule has 8 nitrogen and oxygen atoms in total. The Labute approximate surface area is 161 Å². The fraction of sp³-hybridized carbons (Fsp3) is 0.150. The Bertz CT molecular complexity index is 1080. The number of amides is 2. The van der Waals surface area contributed by atoms with E-state index in [1.54, 1.807) is 24.7 Å². The standard InChI is InChI=1S/C20H19N7O/c28-20(24-10-6-14-12-25-18-16(14)4-3-9-22-18)26-13-15-7-11-23-19(27-15)17-5-1-2-8-21-17/h1-5,7-9,11-12H,6,10,13H2,(H,22,25)(H2,24,26,28). The fourth-order valence-electron chi connectivity index (χ4n) is 2.88. The molecule has 2 amide bonds. The Balaban J connectivity index is 1.28. The van der Waals surface area contributed by atoms with E-state index < -0.39 is 0 Å². The second kappa shape index (κ2) is 8.26. The Kier molecular flexibility index (Phi) is 5.19. The van der Waals surface area contributed by atoms with Gasteiger partial charge in [0.15, 0.2) is 5.82 Å². The van der Waals surface area contributed by atoms with E-state index in [-0.39, 0.29) is 6.03 Å². The van der Waals surface area contributed by atoms with Crippen molar-refractivity contribution in [2.45, 2.75) is 13.0 Å². The van der Waals surface area contributed by atoms with Gasteiger partial charge in [-0.25, -0.2) is 19.7 Å². The number of fused-ring (bicyclic) bond motifs is 1. The molecular weight excluding hydrogens is 354 g/mol. The van der Waals surface area contributed by atoms with Crippen LogP contribution in [0.4, 0.5) is 4.79 Å². The lowest BCUT2D eigenvalue weighted by atomic mass is 10.1. The predicted octanol–water partition coefficient (Wildman–Crippen LogP) is 2.46. The molecule has 28 heavy (non-hydrogen) atoms. The van der Waals surface area contributed by atoms with Gasteiger partial charge in [0.25, 0.3) is 0 Å². The van der Waals surface area contributed by atoms with Gasteiger partial charge in [-0.2, -0.15) is 0 Å². The van der Waals surface area contributed by atoms with Gasteiger partial charge >= 0.3 is 6.03 Å². The van der Waals surface area contributed by atoms with Gasteiger partial charge < -0.3 is 15.6 Å². The number of aromatic nitrogens is 5. The van der Waals surface area contributed by atoms with Crippen molar-refractivity contribution in [1.29, 1.82) is 0 Å². The van der Waals surface area contributed by atoms with Crippen molar-refractivity contribution >= 4 is 17.1 Å². The highest BCUT2D eigenvalue weighted by Crippen LogP contribution is 2.15. The molecular formula is C20H19N7O. The molecule has 0 spiro atoms. The van der Waals surface area contributed by atoms with E-state index in [2.05, 4.69) is 35.6 Å². The summed E-state index contributed by atoms with van der Waals surface area (Å²) >= 11 is 0. The summed E-state index contributed by atoms with van der Waals surface area (Å²) in [5.74, 6) is 0.535. The molecule has 140 valence electrons. The normalized spacial score (nSPS) is 10.7. The first-order chi connectivity index (χ1) is 13.8. The van der Waals surface area contributed by atoms with Crippen LogP contribution in [0.25, 0.3) is 22.6 Å². The highest BCUT2D eigenvalue weighted by molar-refractivity contribution is 5.79. The van der Waals surface area contributed by atoms with Gasteiger partial charge in [0, 0.05) is 36.7 Å². The first kappa shape index (κ1) is 17.6. The van der Waals surface area contributed by atoms with E-state index in [1.807, 2.05) is 36.5 Å². The Morgan fingerprint density at radius 3 is 2.79 bits per heavy atom. The summed E-state index contributed by atoms with van der Waals surface area (Å²) in [5.41, 5.74) is 3.39. The molecule has 0 unspecified atom stereocenters. The second-order valence-electron chi connectivity index (χ2n) is 6.16. The number of nitrogens with one attached hydrogen (secondary N) is 3. The Morgan fingerprint density at radius 1 is 0.964 bits per heavy atom. The molecule has 0 aliphatic rings. The van der Waals surface area contributed by atoms with Crippen molar-refractivity contribution in [3.05, 3.63) is 72.4 Å². The minimum absolute atomic E-state index is 0.240. The summed E-state index contributed by atoms with van der Waals surface area (Å²) < 4.78 is 0. The van der Waals surface area contributed by atoms with E-state index in [9.17, 15) is 4.79 Å². The molecule has 0 aliphatic heterocycles. The van der Waals surface area contributed by atoms with Crippen LogP contribution in [0.5, 0.6) is 0 Å². The maximum Gasteiger partial charge on any atom is 0.315 e. The highest BCUT2D eigenvalue weighted by Gasteiger charge is 2.07. The number of urea groups is 1. The minimum Gasteiger partial charge on any atom is -0.346 e. The average molecular weight is 373 g/mol. The second-order valence-corrected chi connectivity index (χ2v) is 6.16. The average Bonchev–Trinajstić information content (AvgIpc) is 3.16. The van der Waals surface area contributed by atoms with E-state index >= 15 is 0 Å². The first-order valence-corrected chi connectivity index (χ1v) is 8.95. The third-order valence-corrected chi connectivity index (χ3v) is 4.25. The third-order valence-electron chi connectivity index (χ3n) is 4.25. The fourth-order valence-corrected chi connectivity index (χ4v) is 2.88. The van der Waals surface area contributed by atoms with Gasteiger partial charge in [0.2, 0.25) is 0 Å². The SMILES string of the molecule is O=C(NCCc1c[nH]c2ncccc12)NCc1ccnc(-c2ccccn2)n1. The summed E-state index contributed by atoms with van der Waals surface area (Å²) in [5, 5.41) is 6.75. The number of pyridine rings is 2. The number of hydrogen-bond donors (Lipinski definition) is 3. The van der Waals surface area contributed by atoms with Gasteiger partial charge in [0.1, 0.15) is 11.3 Å². The number of H-pyrrole nitrogens is 1. The largest absolute Gasteiger partial charge is 0.346 e. The number of hydrogen-bond acceptors (Lipinski definition) is 5. The van der Waals surface area contributed by atoms with Crippen molar-refractivity contribution in [2.24, 2.45) is 0 Å². The van der Waals surface area contributed by atoms with E-state index in [0.717, 1.165) is 23.0 Å². The van der Waals surface area contributed by atoms with Gasteiger partial charge in [0.05, 0.1) is 12.2 Å². The molecule has 8 heteroatoms. The van der Waals surface area contributed by atoms with E-state index in [0.29, 0.717) is 30.3 Å². The van der Waals surface area contributed by atoms with Gasteiger partial charge in [-0.3, -0.25) is 4.98 Å². The van der Waals surface area contributed by atoms with Crippen molar-refractivity contribution in [3.8, 4) is 11.5 Å². The molecule has 4 aromatic heterocycles. The van der Waals surface area contributed by atoms with Gasteiger partial charge in [-0.15, -0.1) is 0 Å². The molecule has 0 saturated heterocycles. The molecule has 0 aromatic carbocycles. The van der Waals surface area contributed by atoms with Crippen molar-refractivity contribution < 1.29 is 4.79 Å². The topological polar surface area (TPSA) is 108 Å². The summed E-state index contributed by atoms with van der Waals surface area (Å²) in [7, 11) is 0. The monoisotopic (exact) mass is 373 g/mol. The molecule has 4 rings (SSSR count). The lowest BCUT2D eigenvalue weighted by Crippen LogP contribution is -2.36. The number of nitrogens with zero attached hydrogens (tertiary/aromatic N) is 4. The van der Waals surface area contributed by atoms with E-state index in [1.165, 1.54) is 0 Å². The summed E-state index contributed by atoms with van der Waals surface area (Å²) in [6, 6.07) is 11.0. The van der Waals surface area contributed by atoms with Crippen LogP contribution in [0.15, 0.2) is 61.2 Å². The van der Waals surface area contributed by atoms with Gasteiger partial charge in [-0.05, 0) is 42.3 Å². The zero-order chi connectivity index (χ0) is 19.2. The smallest absolute Gasteiger partial charge is 0.315 e. The number of rotatable bonds is 6. The maximum atomic E-state index is 12.1. The molecule has 3 N–H and O–H groups in total. The van der Waals surface area contributed by atoms with Crippen molar-refractivity contribution in [3.63, 3.8) is 0 Å². The zero-order valence-corrected chi connectivity index (χ0v) is 15.1. The van der Waals surface area contributed by atoms with Crippen LogP contribution in [0.3, 0.4) is 0 Å². The molecule has 0 saturated carbocycles. The lowest BCUT2D eigenvalue weighted by Gasteiger charge is -2.08. The van der Waals surface area contributed by atoms with Crippen LogP contribution in [-0.2, 0) is 13.0 Å². The predicted molar refractivity (Wildman–Crippen MR) is 105 cm³/mol. The number of carbonyl (C=O) groups excluding carboxylic acids is 1. The molecule has 0 radical (unpaired) electrons. The first-order valence-electron chi connectivity index (χ1n) is 8.95. The summed E-state index contributed by atoms with van der Waals surface area (Å²) in [6.07, 6.45) is 7.76. The third kappa shape index (κ3) is 4.12. The lowest BCUT2D eigenvalue weighted by molar-refractivity contribution is 0.240. The molecule has 0 bridgehead atoms. The summed E-state index contributed by atoms with van der Waals surface area (Å²) in [4.78, 5) is 32.4. The molecule has 0 fully saturated rings. The summed E-state index contributed by atoms with van der Waals surface area (Å²) in [6.45, 7) is 0.835. The van der Waals surface area contributed by atoms with Crippen molar-refractivity contribution in [2.75, 3.05) is 6.54 Å². The van der Waals surface area contributed by atoms with Crippen LogP contribution in [-0.4, -0.2) is 37.5 Å². The Hall–Kier alpha value is -3.81. The minimum atomic E-state index is -0.240. The van der Waals surface area contributed by atoms with Crippen LogP contribution >= 0.6 is 0 Å². The van der Waals surface area contributed by atoms with Crippen LogP contribution in [0, 0.1) is 0 Å². The molecule has 0 aliphatic carbocycles. The zero-order valence-electron chi connectivity index (χ0n) is 15.1. The maximum absolute atomic E-state index is 12.1. The van der Waals surface area contributed by atoms with Gasteiger partial charge in [-0.1, -0.05) is 6.07 Å². The quantitative estimate of drug-likeness (QED) is 0.481. The van der Waals surface area contributed by atoms with Crippen LogP contribution in [0.1, 0.15) is 11.3 Å². The Morgan fingerprint density at radius 2 is 1.89 bits per heavy atom. The van der Waals surface area contributed by atoms with Crippen LogP contribution < -0.4 is 10.6 Å². The van der Waals surface area contributed by atoms with Crippen molar-refractivity contribution in [1.82, 2.24) is 35.6 Å². The highest BCUT2D eigenvalue weighted by atomic mass is 16.2.